The van der Waals surface area contributed by atoms with E-state index >= 15 is 0 Å². The lowest BCUT2D eigenvalue weighted by atomic mass is 9.87. The maximum Gasteiger partial charge on any atom is 0.273 e. The average Bonchev–Trinajstić information content (AvgIpc) is 3.26. The highest BCUT2D eigenvalue weighted by Gasteiger charge is 2.27. The number of ether oxygens (including phenoxy) is 1. The van der Waals surface area contributed by atoms with Crippen LogP contribution in [0, 0.1) is 10.1 Å². The second-order valence-corrected chi connectivity index (χ2v) is 7.65. The molecule has 0 aliphatic heterocycles. The third kappa shape index (κ3) is 5.01. The van der Waals surface area contributed by atoms with Gasteiger partial charge in [0.25, 0.3) is 5.69 Å². The van der Waals surface area contributed by atoms with Gasteiger partial charge >= 0.3 is 0 Å². The quantitative estimate of drug-likeness (QED) is 0.294. The van der Waals surface area contributed by atoms with Crippen molar-refractivity contribution >= 4 is 22.5 Å². The molecule has 4 aromatic rings. The van der Waals surface area contributed by atoms with Gasteiger partial charge in [-0.05, 0) is 35.9 Å². The summed E-state index contributed by atoms with van der Waals surface area (Å²) in [7, 11) is 1.59. The number of rotatable bonds is 9. The van der Waals surface area contributed by atoms with Crippen LogP contribution in [0.15, 0.2) is 73.1 Å². The molecule has 0 bridgehead atoms. The molecule has 0 saturated heterocycles. The molecule has 1 amide bonds. The number of hydrogen-bond donors (Lipinski definition) is 2. The van der Waals surface area contributed by atoms with E-state index < -0.39 is 10.8 Å². The third-order valence-electron chi connectivity index (χ3n) is 5.62. The molecule has 0 aliphatic rings. The highest BCUT2D eigenvalue weighted by Crippen LogP contribution is 2.38. The maximum absolute atomic E-state index is 12.9. The van der Waals surface area contributed by atoms with Crippen molar-refractivity contribution in [1.29, 1.82) is 0 Å². The summed E-state index contributed by atoms with van der Waals surface area (Å²) >= 11 is 0. The molecule has 4 rings (SSSR count). The molecular weight excluding hydrogens is 420 g/mol. The van der Waals surface area contributed by atoms with Crippen LogP contribution in [0.1, 0.15) is 29.2 Å². The fourth-order valence-electron chi connectivity index (χ4n) is 4.01. The molecule has 2 N–H and O–H groups in total. The van der Waals surface area contributed by atoms with Gasteiger partial charge < -0.3 is 15.0 Å². The Morgan fingerprint density at radius 1 is 1.15 bits per heavy atom. The Balaban J connectivity index is 1.64. The SMILES string of the molecule is COc1ccc2[nH]cc([C@H](CC(=O)NCCc3ccccn3)c3ccccc3[N+](=O)[O-])c2c1. The number of carbonyl (C=O) groups excluding carboxylic acids is 1. The van der Waals surface area contributed by atoms with Crippen molar-refractivity contribution in [1.82, 2.24) is 15.3 Å². The summed E-state index contributed by atoms with van der Waals surface area (Å²) in [4.78, 5) is 31.7. The monoisotopic (exact) mass is 444 g/mol. The van der Waals surface area contributed by atoms with Gasteiger partial charge in [0.15, 0.2) is 0 Å². The summed E-state index contributed by atoms with van der Waals surface area (Å²) in [6.45, 7) is 0.432. The fourth-order valence-corrected chi connectivity index (χ4v) is 4.01. The first kappa shape index (κ1) is 22.0. The van der Waals surface area contributed by atoms with E-state index in [1.54, 1.807) is 31.5 Å². The van der Waals surface area contributed by atoms with Gasteiger partial charge in [-0.15, -0.1) is 0 Å². The number of para-hydroxylation sites is 1. The number of nitrogens with zero attached hydrogens (tertiary/aromatic N) is 2. The van der Waals surface area contributed by atoms with E-state index in [0.29, 0.717) is 24.3 Å². The first-order chi connectivity index (χ1) is 16.1. The molecule has 0 aliphatic carbocycles. The van der Waals surface area contributed by atoms with Crippen LogP contribution >= 0.6 is 0 Å². The number of H-pyrrole nitrogens is 1. The Kier molecular flexibility index (Phi) is 6.64. The van der Waals surface area contributed by atoms with Crippen LogP contribution in [0.3, 0.4) is 0 Å². The lowest BCUT2D eigenvalue weighted by Gasteiger charge is -2.17. The zero-order valence-corrected chi connectivity index (χ0v) is 18.2. The van der Waals surface area contributed by atoms with Crippen molar-refractivity contribution in [2.24, 2.45) is 0 Å². The number of pyridine rings is 1. The number of carbonyl (C=O) groups is 1. The van der Waals surface area contributed by atoms with Crippen molar-refractivity contribution in [2.45, 2.75) is 18.8 Å². The van der Waals surface area contributed by atoms with E-state index in [4.69, 9.17) is 4.74 Å². The van der Waals surface area contributed by atoms with E-state index in [0.717, 1.165) is 22.2 Å². The lowest BCUT2D eigenvalue weighted by molar-refractivity contribution is -0.385. The number of methoxy groups -OCH3 is 1. The Hall–Kier alpha value is -4.20. The molecule has 2 aromatic heterocycles. The second-order valence-electron chi connectivity index (χ2n) is 7.65. The van der Waals surface area contributed by atoms with Crippen LogP contribution < -0.4 is 10.1 Å². The number of aromatic amines is 1. The smallest absolute Gasteiger partial charge is 0.273 e. The van der Waals surface area contributed by atoms with Crippen LogP contribution in [0.4, 0.5) is 5.69 Å². The van der Waals surface area contributed by atoms with Gasteiger partial charge in [0, 0.05) is 65.9 Å². The molecule has 168 valence electrons. The van der Waals surface area contributed by atoms with Crippen molar-refractivity contribution < 1.29 is 14.5 Å². The Labute approximate surface area is 190 Å². The molecule has 2 heterocycles. The molecule has 8 heteroatoms. The topological polar surface area (TPSA) is 110 Å². The highest BCUT2D eigenvalue weighted by atomic mass is 16.6. The lowest BCUT2D eigenvalue weighted by Crippen LogP contribution is -2.27. The molecular formula is C25H24N4O4. The van der Waals surface area contributed by atoms with Gasteiger partial charge in [0.1, 0.15) is 5.75 Å². The molecule has 8 nitrogen and oxygen atoms in total. The van der Waals surface area contributed by atoms with Gasteiger partial charge in [-0.3, -0.25) is 19.9 Å². The summed E-state index contributed by atoms with van der Waals surface area (Å²) in [5.74, 6) is -0.0295. The van der Waals surface area contributed by atoms with E-state index in [9.17, 15) is 14.9 Å². The van der Waals surface area contributed by atoms with Crippen molar-refractivity contribution in [3.63, 3.8) is 0 Å². The van der Waals surface area contributed by atoms with Crippen LogP contribution in [-0.4, -0.2) is 34.5 Å². The van der Waals surface area contributed by atoms with Crippen LogP contribution in [-0.2, 0) is 11.2 Å². The predicted octanol–water partition coefficient (Wildman–Crippen LogP) is 4.36. The number of nitrogens with one attached hydrogen (secondary N) is 2. The minimum absolute atomic E-state index is 0.0129. The van der Waals surface area contributed by atoms with Gasteiger partial charge in [-0.2, -0.15) is 0 Å². The summed E-state index contributed by atoms with van der Waals surface area (Å²) in [5.41, 5.74) is 3.03. The summed E-state index contributed by atoms with van der Waals surface area (Å²) in [6, 6.07) is 17.8. The predicted molar refractivity (Wildman–Crippen MR) is 125 cm³/mol. The summed E-state index contributed by atoms with van der Waals surface area (Å²) in [5, 5.41) is 15.5. The Morgan fingerprint density at radius 2 is 1.97 bits per heavy atom. The number of fused-ring (bicyclic) bond motifs is 1. The first-order valence-corrected chi connectivity index (χ1v) is 10.6. The number of amides is 1. The number of benzene rings is 2. The second kappa shape index (κ2) is 9.95. The van der Waals surface area contributed by atoms with E-state index in [1.807, 2.05) is 42.6 Å². The summed E-state index contributed by atoms with van der Waals surface area (Å²) in [6.07, 6.45) is 4.20. The Bertz CT molecular complexity index is 1270. The fraction of sp³-hybridized carbons (Fsp3) is 0.200. The molecule has 1 atom stereocenters. The molecule has 0 fully saturated rings. The van der Waals surface area contributed by atoms with Crippen LogP contribution in [0.2, 0.25) is 0 Å². The first-order valence-electron chi connectivity index (χ1n) is 10.6. The van der Waals surface area contributed by atoms with Crippen LogP contribution in [0.25, 0.3) is 10.9 Å². The van der Waals surface area contributed by atoms with Crippen molar-refractivity contribution in [2.75, 3.05) is 13.7 Å². The molecule has 0 radical (unpaired) electrons. The standard InChI is InChI=1S/C25H24N4O4/c1-33-18-9-10-23-21(14-18)22(16-28-23)20(19-7-2-3-8-24(19)29(31)32)15-25(30)27-13-11-17-6-4-5-12-26-17/h2-10,12,14,16,20,28H,11,13,15H2,1H3,(H,27,30)/t20-/m1/s1. The zero-order chi connectivity index (χ0) is 23.2. The summed E-state index contributed by atoms with van der Waals surface area (Å²) < 4.78 is 5.36. The number of nitro benzene ring substituents is 1. The normalized spacial score (nSPS) is 11.8. The van der Waals surface area contributed by atoms with Crippen molar-refractivity contribution in [3.05, 3.63) is 100.0 Å². The molecule has 33 heavy (non-hydrogen) atoms. The highest BCUT2D eigenvalue weighted by molar-refractivity contribution is 5.87. The average molecular weight is 444 g/mol. The van der Waals surface area contributed by atoms with Gasteiger partial charge in [0.2, 0.25) is 5.91 Å². The minimum Gasteiger partial charge on any atom is -0.497 e. The zero-order valence-electron chi connectivity index (χ0n) is 18.2. The van der Waals surface area contributed by atoms with Gasteiger partial charge in [-0.1, -0.05) is 24.3 Å². The molecule has 0 saturated carbocycles. The van der Waals surface area contributed by atoms with E-state index in [1.165, 1.54) is 6.07 Å². The molecule has 2 aromatic carbocycles. The molecule has 0 unspecified atom stereocenters. The van der Waals surface area contributed by atoms with E-state index in [2.05, 4.69) is 15.3 Å². The van der Waals surface area contributed by atoms with E-state index in [-0.39, 0.29) is 18.0 Å². The third-order valence-corrected chi connectivity index (χ3v) is 5.62. The number of hydrogen-bond acceptors (Lipinski definition) is 5. The number of aromatic nitrogens is 2. The number of nitro groups is 1. The van der Waals surface area contributed by atoms with Crippen molar-refractivity contribution in [3.8, 4) is 5.75 Å². The minimum atomic E-state index is -0.512. The van der Waals surface area contributed by atoms with Crippen LogP contribution in [0.5, 0.6) is 5.75 Å². The maximum atomic E-state index is 12.9. The molecule has 0 spiro atoms. The Morgan fingerprint density at radius 3 is 2.73 bits per heavy atom. The van der Waals surface area contributed by atoms with Gasteiger partial charge in [0.05, 0.1) is 12.0 Å². The largest absolute Gasteiger partial charge is 0.497 e. The van der Waals surface area contributed by atoms with Gasteiger partial charge in [-0.25, -0.2) is 0 Å².